The Kier molecular flexibility index (Phi) is 7.06. The summed E-state index contributed by atoms with van der Waals surface area (Å²) in [6, 6.07) is 15.6. The van der Waals surface area contributed by atoms with Gasteiger partial charge >= 0.3 is 13.1 Å². The second-order valence-electron chi connectivity index (χ2n) is 10.0. The fourth-order valence-corrected chi connectivity index (χ4v) is 3.90. The summed E-state index contributed by atoms with van der Waals surface area (Å²) in [4.78, 5) is 21.8. The first-order valence-electron chi connectivity index (χ1n) is 12.0. The second kappa shape index (κ2) is 9.91. The van der Waals surface area contributed by atoms with E-state index in [1.165, 1.54) is 7.11 Å². The monoisotopic (exact) mass is 488 g/mol. The van der Waals surface area contributed by atoms with Gasteiger partial charge in [-0.25, -0.2) is 9.78 Å². The topological polar surface area (TPSA) is 94.6 Å². The molecule has 0 spiro atoms. The Morgan fingerprint density at radius 1 is 1.06 bits per heavy atom. The molecule has 36 heavy (non-hydrogen) atoms. The molecule has 0 radical (unpaired) electrons. The third-order valence-corrected chi connectivity index (χ3v) is 6.85. The lowest BCUT2D eigenvalue weighted by Crippen LogP contribution is -2.41. The van der Waals surface area contributed by atoms with Crippen LogP contribution in [0.4, 0.5) is 17.5 Å². The highest BCUT2D eigenvalue weighted by atomic mass is 16.7. The molecule has 8 nitrogen and oxygen atoms in total. The van der Waals surface area contributed by atoms with Crippen LogP contribution in [0, 0.1) is 6.92 Å². The number of aryl methyl sites for hydroxylation is 1. The first-order valence-corrected chi connectivity index (χ1v) is 12.0. The number of nitrogens with one attached hydrogen (secondary N) is 2. The molecular weight excluding hydrogens is 455 g/mol. The Morgan fingerprint density at radius 3 is 2.36 bits per heavy atom. The van der Waals surface area contributed by atoms with Crippen molar-refractivity contribution in [3.63, 3.8) is 0 Å². The summed E-state index contributed by atoms with van der Waals surface area (Å²) in [6.07, 6.45) is 1.76. The average Bonchev–Trinajstić information content (AvgIpc) is 3.07. The maximum Gasteiger partial charge on any atom is 0.495 e. The molecule has 188 valence electrons. The van der Waals surface area contributed by atoms with Crippen LogP contribution in [0.3, 0.4) is 0 Å². The van der Waals surface area contributed by atoms with Crippen molar-refractivity contribution in [1.82, 2.24) is 9.97 Å². The summed E-state index contributed by atoms with van der Waals surface area (Å²) in [5, 5.41) is 6.66. The van der Waals surface area contributed by atoms with Crippen LogP contribution in [-0.2, 0) is 14.0 Å². The van der Waals surface area contributed by atoms with E-state index in [2.05, 4.69) is 39.7 Å². The number of carbonyl (C=O) groups is 1. The molecule has 0 saturated carbocycles. The largest absolute Gasteiger partial charge is 0.495 e. The van der Waals surface area contributed by atoms with Crippen molar-refractivity contribution < 1.29 is 18.8 Å². The van der Waals surface area contributed by atoms with Crippen LogP contribution in [0.25, 0.3) is 0 Å². The van der Waals surface area contributed by atoms with Gasteiger partial charge in [-0.1, -0.05) is 36.4 Å². The summed E-state index contributed by atoms with van der Waals surface area (Å²) in [7, 11) is 0.662. The van der Waals surface area contributed by atoms with E-state index >= 15 is 0 Å². The van der Waals surface area contributed by atoms with E-state index in [9.17, 15) is 4.79 Å². The van der Waals surface area contributed by atoms with Crippen LogP contribution in [0.2, 0.25) is 0 Å². The highest BCUT2D eigenvalue weighted by molar-refractivity contribution is 6.63. The lowest BCUT2D eigenvalue weighted by atomic mass is 9.75. The predicted octanol–water partition coefficient (Wildman–Crippen LogP) is 4.79. The summed E-state index contributed by atoms with van der Waals surface area (Å²) < 4.78 is 17.4. The molecular formula is C27H33BN4O4. The number of methoxy groups -OCH3 is 1. The van der Waals surface area contributed by atoms with Crippen molar-refractivity contribution in [3.8, 4) is 0 Å². The van der Waals surface area contributed by atoms with Crippen LogP contribution in [-0.4, -0.2) is 41.4 Å². The molecule has 1 fully saturated rings. The zero-order valence-corrected chi connectivity index (χ0v) is 21.9. The first-order chi connectivity index (χ1) is 17.0. The molecule has 2 aromatic carbocycles. The highest BCUT2D eigenvalue weighted by Gasteiger charge is 2.52. The van der Waals surface area contributed by atoms with E-state index in [0.29, 0.717) is 22.7 Å². The number of aromatic nitrogens is 2. The fraction of sp³-hybridized carbons (Fsp3) is 0.370. The summed E-state index contributed by atoms with van der Waals surface area (Å²) in [5.41, 5.74) is 2.62. The predicted molar refractivity (Wildman–Crippen MR) is 142 cm³/mol. The minimum atomic E-state index is -0.691. The van der Waals surface area contributed by atoms with Gasteiger partial charge in [-0.2, -0.15) is 4.98 Å². The van der Waals surface area contributed by atoms with E-state index < -0.39 is 24.3 Å². The molecule has 3 aromatic rings. The number of hydrogen-bond acceptors (Lipinski definition) is 8. The van der Waals surface area contributed by atoms with Crippen LogP contribution in [0.1, 0.15) is 62.1 Å². The molecule has 1 aromatic heterocycles. The van der Waals surface area contributed by atoms with Crippen LogP contribution in [0.15, 0.2) is 54.7 Å². The zero-order valence-electron chi connectivity index (χ0n) is 21.9. The van der Waals surface area contributed by atoms with Gasteiger partial charge < -0.3 is 24.7 Å². The third kappa shape index (κ3) is 5.22. The maximum absolute atomic E-state index is 12.7. The normalized spacial score (nSPS) is 16.9. The Hall–Kier alpha value is -3.43. The SMILES string of the molecule is COC(=O)c1cc(Nc2ncc(C)c(NC(C)c3ccccc3)n2)ccc1B1OC(C)(C)C(C)(C)O1. The van der Waals surface area contributed by atoms with Gasteiger partial charge in [0, 0.05) is 23.5 Å². The van der Waals surface area contributed by atoms with Crippen molar-refractivity contribution in [1.29, 1.82) is 0 Å². The summed E-state index contributed by atoms with van der Waals surface area (Å²) in [5.74, 6) is 0.653. The quantitative estimate of drug-likeness (QED) is 0.362. The van der Waals surface area contributed by atoms with Gasteiger partial charge in [0.15, 0.2) is 0 Å². The van der Waals surface area contributed by atoms with Gasteiger partial charge in [0.05, 0.1) is 23.9 Å². The van der Waals surface area contributed by atoms with Crippen LogP contribution in [0.5, 0.6) is 0 Å². The molecule has 1 saturated heterocycles. The molecule has 4 rings (SSSR count). The number of carbonyl (C=O) groups excluding carboxylic acids is 1. The lowest BCUT2D eigenvalue weighted by Gasteiger charge is -2.32. The zero-order chi connectivity index (χ0) is 26.1. The Morgan fingerprint density at radius 2 is 1.72 bits per heavy atom. The summed E-state index contributed by atoms with van der Waals surface area (Å²) >= 11 is 0. The van der Waals surface area contributed by atoms with Crippen molar-refractivity contribution in [2.75, 3.05) is 17.7 Å². The van der Waals surface area contributed by atoms with E-state index in [0.717, 1.165) is 16.9 Å². The van der Waals surface area contributed by atoms with E-state index in [-0.39, 0.29) is 6.04 Å². The van der Waals surface area contributed by atoms with E-state index in [1.54, 1.807) is 12.3 Å². The standard InChI is InChI=1S/C27H33BN4O4/c1-17-16-29-25(32-23(17)30-18(2)19-11-9-8-10-12-19)31-20-13-14-22(21(15-20)24(33)34-7)28-35-26(3,4)27(5,6)36-28/h8-16,18H,1-7H3,(H2,29,30,31,32). The minimum Gasteiger partial charge on any atom is -0.465 e. The van der Waals surface area contributed by atoms with Gasteiger partial charge in [-0.15, -0.1) is 0 Å². The maximum atomic E-state index is 12.7. The molecule has 1 atom stereocenters. The minimum absolute atomic E-state index is 0.0674. The Balaban J connectivity index is 1.58. The van der Waals surface area contributed by atoms with Gasteiger partial charge in [0.25, 0.3) is 0 Å². The van der Waals surface area contributed by atoms with Crippen LogP contribution < -0.4 is 16.1 Å². The average molecular weight is 488 g/mol. The number of anilines is 3. The number of rotatable bonds is 7. The second-order valence-corrected chi connectivity index (χ2v) is 10.0. The lowest BCUT2D eigenvalue weighted by molar-refractivity contribution is 0.00578. The van der Waals surface area contributed by atoms with Crippen molar-refractivity contribution in [2.24, 2.45) is 0 Å². The number of nitrogens with zero attached hydrogens (tertiary/aromatic N) is 2. The van der Waals surface area contributed by atoms with E-state index in [1.807, 2.05) is 65.0 Å². The third-order valence-electron chi connectivity index (χ3n) is 6.85. The molecule has 1 unspecified atom stereocenters. The van der Waals surface area contributed by atoms with Gasteiger partial charge in [-0.3, -0.25) is 0 Å². The number of hydrogen-bond donors (Lipinski definition) is 2. The molecule has 0 amide bonds. The molecule has 0 aliphatic carbocycles. The van der Waals surface area contributed by atoms with Gasteiger partial charge in [-0.05, 0) is 64.7 Å². The fourth-order valence-electron chi connectivity index (χ4n) is 3.90. The number of ether oxygens (including phenoxy) is 1. The molecule has 0 bridgehead atoms. The molecule has 1 aliphatic heterocycles. The van der Waals surface area contributed by atoms with Crippen molar-refractivity contribution in [3.05, 3.63) is 71.4 Å². The Bertz CT molecular complexity index is 1230. The molecule has 2 heterocycles. The van der Waals surface area contributed by atoms with Gasteiger partial charge in [0.2, 0.25) is 5.95 Å². The molecule has 1 aliphatic rings. The number of esters is 1. The molecule has 9 heteroatoms. The highest BCUT2D eigenvalue weighted by Crippen LogP contribution is 2.37. The van der Waals surface area contributed by atoms with Crippen LogP contribution >= 0.6 is 0 Å². The first kappa shape index (κ1) is 25.7. The molecule has 2 N–H and O–H groups in total. The summed E-state index contributed by atoms with van der Waals surface area (Å²) in [6.45, 7) is 11.9. The van der Waals surface area contributed by atoms with Crippen molar-refractivity contribution in [2.45, 2.75) is 58.8 Å². The number of benzene rings is 2. The van der Waals surface area contributed by atoms with Crippen molar-refractivity contribution >= 4 is 36.0 Å². The van der Waals surface area contributed by atoms with E-state index in [4.69, 9.17) is 14.0 Å². The van der Waals surface area contributed by atoms with Gasteiger partial charge in [0.1, 0.15) is 5.82 Å². The Labute approximate surface area is 212 Å². The smallest absolute Gasteiger partial charge is 0.465 e.